The van der Waals surface area contributed by atoms with E-state index in [1.165, 1.54) is 11.1 Å². The smallest absolute Gasteiger partial charge is 0.254 e. The summed E-state index contributed by atoms with van der Waals surface area (Å²) in [5.41, 5.74) is 4.88. The summed E-state index contributed by atoms with van der Waals surface area (Å²) in [6, 6.07) is 19.7. The fraction of sp³-hybridized carbons (Fsp3) is 0.217. The summed E-state index contributed by atoms with van der Waals surface area (Å²) in [7, 11) is 0. The number of aromatic nitrogens is 1. The molecular weight excluding hydrogens is 336 g/mol. The summed E-state index contributed by atoms with van der Waals surface area (Å²) in [4.78, 5) is 19.5. The lowest BCUT2D eigenvalue weighted by Gasteiger charge is -2.29. The molecule has 4 rings (SSSR count). The molecule has 1 amide bonds. The molecule has 0 atom stereocenters. The number of carbonyl (C=O) groups excluding carboxylic acids is 1. The Morgan fingerprint density at radius 3 is 2.67 bits per heavy atom. The number of benzene rings is 2. The fourth-order valence-corrected chi connectivity index (χ4v) is 3.52. The summed E-state index contributed by atoms with van der Waals surface area (Å²) in [5.74, 6) is 0.793. The van der Waals surface area contributed by atoms with E-state index in [0.29, 0.717) is 18.7 Å². The minimum atomic E-state index is 0.0460. The van der Waals surface area contributed by atoms with Gasteiger partial charge in [0.05, 0.1) is 12.3 Å². The van der Waals surface area contributed by atoms with Crippen molar-refractivity contribution < 1.29 is 9.53 Å². The third-order valence-corrected chi connectivity index (χ3v) is 4.89. The molecule has 0 fully saturated rings. The van der Waals surface area contributed by atoms with Crippen LogP contribution in [0.2, 0.25) is 0 Å². The van der Waals surface area contributed by atoms with Gasteiger partial charge in [-0.05, 0) is 54.8 Å². The van der Waals surface area contributed by atoms with Crippen LogP contribution in [-0.4, -0.2) is 28.9 Å². The van der Waals surface area contributed by atoms with Crippen LogP contribution in [0.15, 0.2) is 66.9 Å². The first kappa shape index (κ1) is 17.3. The highest BCUT2D eigenvalue weighted by atomic mass is 16.5. The monoisotopic (exact) mass is 358 g/mol. The van der Waals surface area contributed by atoms with Gasteiger partial charge in [0, 0.05) is 30.4 Å². The van der Waals surface area contributed by atoms with Crippen molar-refractivity contribution in [3.63, 3.8) is 0 Å². The lowest BCUT2D eigenvalue weighted by atomic mass is 9.98. The van der Waals surface area contributed by atoms with Crippen LogP contribution in [0.5, 0.6) is 5.75 Å². The van der Waals surface area contributed by atoms with E-state index in [4.69, 9.17) is 4.74 Å². The van der Waals surface area contributed by atoms with Gasteiger partial charge in [0.15, 0.2) is 0 Å². The Labute approximate surface area is 159 Å². The molecule has 1 aliphatic rings. The molecule has 1 aromatic heterocycles. The van der Waals surface area contributed by atoms with Crippen molar-refractivity contribution >= 4 is 5.91 Å². The van der Waals surface area contributed by atoms with Gasteiger partial charge in [-0.2, -0.15) is 0 Å². The van der Waals surface area contributed by atoms with Crippen molar-refractivity contribution in [2.45, 2.75) is 19.9 Å². The predicted molar refractivity (Wildman–Crippen MR) is 106 cm³/mol. The number of amides is 1. The molecule has 0 unspecified atom stereocenters. The fourth-order valence-electron chi connectivity index (χ4n) is 3.52. The van der Waals surface area contributed by atoms with Gasteiger partial charge >= 0.3 is 0 Å². The molecule has 4 nitrogen and oxygen atoms in total. The number of fused-ring (bicyclic) bond motifs is 1. The van der Waals surface area contributed by atoms with E-state index in [1.54, 1.807) is 6.20 Å². The lowest BCUT2D eigenvalue weighted by Crippen LogP contribution is -2.35. The maximum atomic E-state index is 13.1. The van der Waals surface area contributed by atoms with Crippen molar-refractivity contribution in [2.24, 2.45) is 0 Å². The molecule has 0 saturated heterocycles. The van der Waals surface area contributed by atoms with Crippen molar-refractivity contribution in [3.05, 3.63) is 83.6 Å². The zero-order valence-corrected chi connectivity index (χ0v) is 15.4. The first-order valence-corrected chi connectivity index (χ1v) is 9.30. The number of hydrogen-bond acceptors (Lipinski definition) is 3. The van der Waals surface area contributed by atoms with Crippen LogP contribution in [0.3, 0.4) is 0 Å². The quantitative estimate of drug-likeness (QED) is 0.696. The highest BCUT2D eigenvalue weighted by Crippen LogP contribution is 2.31. The van der Waals surface area contributed by atoms with E-state index >= 15 is 0 Å². The summed E-state index contributed by atoms with van der Waals surface area (Å²) in [6.45, 7) is 3.91. The van der Waals surface area contributed by atoms with Crippen LogP contribution >= 0.6 is 0 Å². The lowest BCUT2D eigenvalue weighted by molar-refractivity contribution is 0.0734. The van der Waals surface area contributed by atoms with Gasteiger partial charge < -0.3 is 9.64 Å². The molecule has 0 saturated carbocycles. The minimum Gasteiger partial charge on any atom is -0.493 e. The summed E-state index contributed by atoms with van der Waals surface area (Å²) in [5, 5.41) is 0. The molecule has 27 heavy (non-hydrogen) atoms. The van der Waals surface area contributed by atoms with Gasteiger partial charge in [-0.25, -0.2) is 0 Å². The second-order valence-corrected chi connectivity index (χ2v) is 6.60. The van der Waals surface area contributed by atoms with E-state index in [0.717, 1.165) is 30.0 Å². The van der Waals surface area contributed by atoms with Crippen LogP contribution in [0.1, 0.15) is 28.4 Å². The third kappa shape index (κ3) is 3.56. The largest absolute Gasteiger partial charge is 0.493 e. The number of pyridine rings is 1. The first-order valence-electron chi connectivity index (χ1n) is 9.30. The van der Waals surface area contributed by atoms with Crippen LogP contribution in [-0.2, 0) is 13.0 Å². The molecule has 2 heterocycles. The van der Waals surface area contributed by atoms with Crippen LogP contribution in [0, 0.1) is 0 Å². The third-order valence-electron chi connectivity index (χ3n) is 4.89. The normalized spacial score (nSPS) is 13.1. The standard InChI is InChI=1S/C23H22N2O2/c1-2-27-22-11-10-18(15-20(22)21-9-5-6-13-24-21)23(26)25-14-12-17-7-3-4-8-19(17)16-25/h3-11,13,15H,2,12,14,16H2,1H3. The summed E-state index contributed by atoms with van der Waals surface area (Å²) in [6.07, 6.45) is 2.65. The molecule has 0 radical (unpaired) electrons. The van der Waals surface area contributed by atoms with Gasteiger partial charge in [-0.1, -0.05) is 30.3 Å². The average Bonchev–Trinajstić information content (AvgIpc) is 2.74. The molecule has 2 aromatic carbocycles. The summed E-state index contributed by atoms with van der Waals surface area (Å²) >= 11 is 0. The van der Waals surface area contributed by atoms with Crippen LogP contribution in [0.25, 0.3) is 11.3 Å². The van der Waals surface area contributed by atoms with E-state index in [9.17, 15) is 4.79 Å². The molecule has 0 aliphatic carbocycles. The molecular formula is C23H22N2O2. The average molecular weight is 358 g/mol. The SMILES string of the molecule is CCOc1ccc(C(=O)N2CCc3ccccc3C2)cc1-c1ccccn1. The number of carbonyl (C=O) groups is 1. The second kappa shape index (κ2) is 7.62. The van der Waals surface area contributed by atoms with E-state index in [1.807, 2.05) is 54.3 Å². The van der Waals surface area contributed by atoms with E-state index in [2.05, 4.69) is 23.2 Å². The van der Waals surface area contributed by atoms with Gasteiger partial charge in [0.2, 0.25) is 0 Å². The van der Waals surface area contributed by atoms with Crippen molar-refractivity contribution in [2.75, 3.05) is 13.2 Å². The zero-order chi connectivity index (χ0) is 18.6. The Morgan fingerprint density at radius 2 is 1.89 bits per heavy atom. The molecule has 3 aromatic rings. The Balaban J connectivity index is 1.65. The Morgan fingerprint density at radius 1 is 1.07 bits per heavy atom. The minimum absolute atomic E-state index is 0.0460. The molecule has 0 bridgehead atoms. The van der Waals surface area contributed by atoms with Crippen molar-refractivity contribution in [1.82, 2.24) is 9.88 Å². The Kier molecular flexibility index (Phi) is 4.88. The van der Waals surface area contributed by atoms with Crippen LogP contribution in [0.4, 0.5) is 0 Å². The molecule has 0 N–H and O–H groups in total. The first-order chi connectivity index (χ1) is 13.3. The van der Waals surface area contributed by atoms with Gasteiger partial charge in [-0.3, -0.25) is 9.78 Å². The predicted octanol–water partition coefficient (Wildman–Crippen LogP) is 4.35. The number of nitrogens with zero attached hydrogens (tertiary/aromatic N) is 2. The van der Waals surface area contributed by atoms with Gasteiger partial charge in [0.25, 0.3) is 5.91 Å². The Bertz CT molecular complexity index is 954. The maximum absolute atomic E-state index is 13.1. The number of hydrogen-bond donors (Lipinski definition) is 0. The van der Waals surface area contributed by atoms with E-state index < -0.39 is 0 Å². The van der Waals surface area contributed by atoms with Gasteiger partial charge in [0.1, 0.15) is 5.75 Å². The van der Waals surface area contributed by atoms with Crippen LogP contribution < -0.4 is 4.74 Å². The molecule has 0 spiro atoms. The summed E-state index contributed by atoms with van der Waals surface area (Å²) < 4.78 is 5.75. The second-order valence-electron chi connectivity index (χ2n) is 6.60. The highest BCUT2D eigenvalue weighted by molar-refractivity contribution is 5.96. The number of ether oxygens (including phenoxy) is 1. The van der Waals surface area contributed by atoms with E-state index in [-0.39, 0.29) is 5.91 Å². The molecule has 4 heteroatoms. The topological polar surface area (TPSA) is 42.4 Å². The molecule has 1 aliphatic heterocycles. The number of rotatable bonds is 4. The zero-order valence-electron chi connectivity index (χ0n) is 15.4. The van der Waals surface area contributed by atoms with Crippen molar-refractivity contribution in [3.8, 4) is 17.0 Å². The van der Waals surface area contributed by atoms with Crippen molar-refractivity contribution in [1.29, 1.82) is 0 Å². The molecule has 136 valence electrons. The van der Waals surface area contributed by atoms with Gasteiger partial charge in [-0.15, -0.1) is 0 Å². The highest BCUT2D eigenvalue weighted by Gasteiger charge is 2.22. The Hall–Kier alpha value is -3.14. The maximum Gasteiger partial charge on any atom is 0.254 e.